The van der Waals surface area contributed by atoms with E-state index in [0.717, 1.165) is 63.1 Å². The number of hydrogen-bond donors (Lipinski definition) is 2. The van der Waals surface area contributed by atoms with Crippen LogP contribution in [0.5, 0.6) is 0 Å². The molecule has 3 heterocycles. The number of anilines is 1. The van der Waals surface area contributed by atoms with Crippen LogP contribution in [0.1, 0.15) is 67.7 Å². The average Bonchev–Trinajstić information content (AvgIpc) is 2.82. The minimum absolute atomic E-state index is 0.118. The van der Waals surface area contributed by atoms with Crippen LogP contribution >= 0.6 is 0 Å². The zero-order valence-corrected chi connectivity index (χ0v) is 19.1. The highest BCUT2D eigenvalue weighted by atomic mass is 16.4. The smallest absolute Gasteiger partial charge is 0.303 e. The van der Waals surface area contributed by atoms with Crippen molar-refractivity contribution in [3.05, 3.63) is 59.3 Å². The van der Waals surface area contributed by atoms with Crippen LogP contribution in [-0.2, 0) is 17.6 Å². The van der Waals surface area contributed by atoms with Gasteiger partial charge in [-0.25, -0.2) is 4.98 Å². The minimum Gasteiger partial charge on any atom is -0.481 e. The van der Waals surface area contributed by atoms with Gasteiger partial charge in [0, 0.05) is 18.8 Å². The molecule has 1 aromatic carbocycles. The van der Waals surface area contributed by atoms with E-state index in [1.165, 1.54) is 37.1 Å². The third kappa shape index (κ3) is 6.55. The van der Waals surface area contributed by atoms with E-state index in [1.807, 2.05) is 18.2 Å². The summed E-state index contributed by atoms with van der Waals surface area (Å²) in [5.41, 5.74) is 3.72. The molecular formula is C27H37N3O2. The number of carboxylic acids is 1. The van der Waals surface area contributed by atoms with Gasteiger partial charge in [-0.3, -0.25) is 4.79 Å². The summed E-state index contributed by atoms with van der Waals surface area (Å²) in [7, 11) is 0. The molecule has 1 fully saturated rings. The molecule has 0 aliphatic carbocycles. The molecule has 0 bridgehead atoms. The van der Waals surface area contributed by atoms with Gasteiger partial charge in [0.05, 0.1) is 6.42 Å². The fourth-order valence-electron chi connectivity index (χ4n) is 5.34. The molecule has 0 radical (unpaired) electrons. The molecule has 0 saturated carbocycles. The third-order valence-corrected chi connectivity index (χ3v) is 7.08. The van der Waals surface area contributed by atoms with E-state index in [2.05, 4.69) is 34.5 Å². The monoisotopic (exact) mass is 435 g/mol. The summed E-state index contributed by atoms with van der Waals surface area (Å²) in [6, 6.07) is 14.6. The van der Waals surface area contributed by atoms with Crippen molar-refractivity contribution in [1.82, 2.24) is 9.88 Å². The van der Waals surface area contributed by atoms with Crippen molar-refractivity contribution < 1.29 is 9.90 Å². The number of piperidine rings is 1. The largest absolute Gasteiger partial charge is 0.481 e. The first kappa shape index (κ1) is 22.8. The summed E-state index contributed by atoms with van der Waals surface area (Å²) in [6.07, 6.45) is 9.33. The molecule has 2 aliphatic rings. The molecular weight excluding hydrogens is 398 g/mol. The number of fused-ring (bicyclic) bond motifs is 1. The summed E-state index contributed by atoms with van der Waals surface area (Å²) in [5.74, 6) is 1.19. The van der Waals surface area contributed by atoms with Crippen molar-refractivity contribution in [3.8, 4) is 0 Å². The second-order valence-electron chi connectivity index (χ2n) is 9.54. The Morgan fingerprint density at radius 2 is 2.06 bits per heavy atom. The number of nitrogens with zero attached hydrogens (tertiary/aromatic N) is 2. The Balaban J connectivity index is 1.23. The fraction of sp³-hybridized carbons (Fsp3) is 0.556. The topological polar surface area (TPSA) is 65.5 Å². The maximum atomic E-state index is 11.4. The van der Waals surface area contributed by atoms with Gasteiger partial charge >= 0.3 is 5.97 Å². The molecule has 2 N–H and O–H groups in total. The van der Waals surface area contributed by atoms with Crippen LogP contribution in [0.25, 0.3) is 0 Å². The maximum Gasteiger partial charge on any atom is 0.303 e. The van der Waals surface area contributed by atoms with Crippen LogP contribution in [-0.4, -0.2) is 47.1 Å². The highest BCUT2D eigenvalue weighted by Gasteiger charge is 2.22. The summed E-state index contributed by atoms with van der Waals surface area (Å²) in [6.45, 7) is 4.50. The Kier molecular flexibility index (Phi) is 8.16. The molecule has 2 aliphatic heterocycles. The van der Waals surface area contributed by atoms with Crippen molar-refractivity contribution in [2.75, 3.05) is 31.5 Å². The van der Waals surface area contributed by atoms with Gasteiger partial charge in [-0.05, 0) is 93.5 Å². The molecule has 0 amide bonds. The minimum atomic E-state index is -0.699. The summed E-state index contributed by atoms with van der Waals surface area (Å²) in [4.78, 5) is 18.8. The molecule has 2 aromatic rings. The van der Waals surface area contributed by atoms with Crippen molar-refractivity contribution in [3.63, 3.8) is 0 Å². The van der Waals surface area contributed by atoms with Crippen LogP contribution in [0.3, 0.4) is 0 Å². The lowest BCUT2D eigenvalue weighted by Crippen LogP contribution is -2.36. The first-order valence-corrected chi connectivity index (χ1v) is 12.4. The van der Waals surface area contributed by atoms with E-state index >= 15 is 0 Å². The lowest BCUT2D eigenvalue weighted by Gasteiger charge is -2.33. The van der Waals surface area contributed by atoms with E-state index < -0.39 is 5.97 Å². The Labute approximate surface area is 192 Å². The number of hydrogen-bond acceptors (Lipinski definition) is 4. The molecule has 5 heteroatoms. The van der Waals surface area contributed by atoms with E-state index in [1.54, 1.807) is 0 Å². The molecule has 0 spiro atoms. The number of aryl methyl sites for hydroxylation is 2. The van der Waals surface area contributed by atoms with Gasteiger partial charge in [0.1, 0.15) is 5.82 Å². The number of aliphatic carboxylic acids is 1. The van der Waals surface area contributed by atoms with Crippen molar-refractivity contribution in [1.29, 1.82) is 0 Å². The van der Waals surface area contributed by atoms with Gasteiger partial charge < -0.3 is 15.3 Å². The van der Waals surface area contributed by atoms with Crippen molar-refractivity contribution in [2.45, 2.75) is 63.7 Å². The number of pyridine rings is 1. The fourth-order valence-corrected chi connectivity index (χ4v) is 5.34. The second kappa shape index (κ2) is 11.5. The molecule has 32 heavy (non-hydrogen) atoms. The lowest BCUT2D eigenvalue weighted by molar-refractivity contribution is -0.137. The Bertz CT molecular complexity index is 870. The first-order valence-electron chi connectivity index (χ1n) is 12.4. The van der Waals surface area contributed by atoms with Gasteiger partial charge in [0.15, 0.2) is 0 Å². The van der Waals surface area contributed by atoms with Gasteiger partial charge in [0.25, 0.3) is 0 Å². The van der Waals surface area contributed by atoms with E-state index in [0.29, 0.717) is 5.92 Å². The quantitative estimate of drug-likeness (QED) is 0.542. The highest BCUT2D eigenvalue weighted by molar-refractivity contribution is 5.68. The van der Waals surface area contributed by atoms with Gasteiger partial charge in [-0.1, -0.05) is 36.4 Å². The summed E-state index contributed by atoms with van der Waals surface area (Å²) >= 11 is 0. The van der Waals surface area contributed by atoms with E-state index in [9.17, 15) is 9.90 Å². The molecule has 5 nitrogen and oxygen atoms in total. The van der Waals surface area contributed by atoms with Gasteiger partial charge in [-0.15, -0.1) is 0 Å². The van der Waals surface area contributed by atoms with Crippen LogP contribution in [0.4, 0.5) is 5.82 Å². The predicted octanol–water partition coefficient (Wildman–Crippen LogP) is 5.12. The van der Waals surface area contributed by atoms with Crippen molar-refractivity contribution in [2.24, 2.45) is 5.92 Å². The predicted molar refractivity (Wildman–Crippen MR) is 129 cm³/mol. The Hall–Kier alpha value is -2.40. The SMILES string of the molecule is O=C(O)C[C@@H](CC[C@@H]1CCCN(CCCc2ccc3c(n2)NCCC3)C1)c1ccccc1. The van der Waals surface area contributed by atoms with E-state index in [4.69, 9.17) is 4.98 Å². The number of carboxylic acid groups (broad SMARTS) is 1. The van der Waals surface area contributed by atoms with Crippen LogP contribution in [0.15, 0.2) is 42.5 Å². The number of carbonyl (C=O) groups is 1. The van der Waals surface area contributed by atoms with Gasteiger partial charge in [0.2, 0.25) is 0 Å². The number of benzene rings is 1. The number of aromatic nitrogens is 1. The second-order valence-corrected chi connectivity index (χ2v) is 9.54. The van der Waals surface area contributed by atoms with Crippen LogP contribution in [0.2, 0.25) is 0 Å². The highest BCUT2D eigenvalue weighted by Crippen LogP contribution is 2.30. The number of nitrogens with one attached hydrogen (secondary N) is 1. The molecule has 0 unspecified atom stereocenters. The maximum absolute atomic E-state index is 11.4. The third-order valence-electron chi connectivity index (χ3n) is 7.08. The normalized spacial score (nSPS) is 19.7. The summed E-state index contributed by atoms with van der Waals surface area (Å²) < 4.78 is 0. The zero-order valence-electron chi connectivity index (χ0n) is 19.1. The van der Waals surface area contributed by atoms with Crippen LogP contribution in [0, 0.1) is 5.92 Å². The Morgan fingerprint density at radius 1 is 1.19 bits per heavy atom. The molecule has 172 valence electrons. The van der Waals surface area contributed by atoms with Gasteiger partial charge in [-0.2, -0.15) is 0 Å². The Morgan fingerprint density at radius 3 is 2.91 bits per heavy atom. The molecule has 2 atom stereocenters. The lowest BCUT2D eigenvalue weighted by atomic mass is 9.85. The van der Waals surface area contributed by atoms with E-state index in [-0.39, 0.29) is 12.3 Å². The molecule has 1 aromatic heterocycles. The number of likely N-dealkylation sites (tertiary alicyclic amines) is 1. The van der Waals surface area contributed by atoms with Crippen LogP contribution < -0.4 is 5.32 Å². The first-order chi connectivity index (χ1) is 15.7. The van der Waals surface area contributed by atoms with Crippen molar-refractivity contribution >= 4 is 11.8 Å². The average molecular weight is 436 g/mol. The summed E-state index contributed by atoms with van der Waals surface area (Å²) in [5, 5.41) is 12.8. The molecule has 1 saturated heterocycles. The molecule has 4 rings (SSSR count). The number of rotatable bonds is 10. The zero-order chi connectivity index (χ0) is 22.2. The standard InChI is InChI=1S/C27H37N3O2/c31-26(32)19-24(22-8-2-1-3-9-22)13-12-21-7-5-17-30(20-21)18-6-11-25-15-14-23-10-4-16-28-27(23)29-25/h1-3,8-9,14-15,21,24H,4-7,10-13,16-20H2,(H,28,29)(H,31,32)/t21-,24+/m0/s1.